The number of rotatable bonds is 5. The highest BCUT2D eigenvalue weighted by Crippen LogP contribution is 2.16. The van der Waals surface area contributed by atoms with Gasteiger partial charge in [0.2, 0.25) is 0 Å². The molecular weight excluding hydrogens is 467 g/mol. The summed E-state index contributed by atoms with van der Waals surface area (Å²) in [5.41, 5.74) is 2.25. The molecule has 2 aromatic rings. The number of nitrogens with one attached hydrogen (secondary N) is 2. The van der Waals surface area contributed by atoms with Crippen molar-refractivity contribution in [3.8, 4) is 0 Å². The molecule has 0 spiro atoms. The second-order valence-electron chi connectivity index (χ2n) is 7.45. The van der Waals surface area contributed by atoms with Crippen molar-refractivity contribution in [2.45, 2.75) is 12.8 Å². The van der Waals surface area contributed by atoms with Gasteiger partial charge < -0.3 is 19.9 Å². The predicted molar refractivity (Wildman–Crippen MR) is 124 cm³/mol. The van der Waals surface area contributed by atoms with Crippen LogP contribution < -0.4 is 5.32 Å². The van der Waals surface area contributed by atoms with Crippen molar-refractivity contribution in [1.82, 2.24) is 25.1 Å². The van der Waals surface area contributed by atoms with Crippen LogP contribution in [0.4, 0.5) is 0 Å². The number of piperazine rings is 1. The van der Waals surface area contributed by atoms with Crippen LogP contribution in [0, 0.1) is 5.92 Å². The molecule has 0 bridgehead atoms. The van der Waals surface area contributed by atoms with Crippen LogP contribution in [0.1, 0.15) is 12.0 Å². The van der Waals surface area contributed by atoms with E-state index in [1.165, 1.54) is 23.9 Å². The Balaban J connectivity index is 0.00000225. The van der Waals surface area contributed by atoms with Gasteiger partial charge >= 0.3 is 0 Å². The van der Waals surface area contributed by atoms with Crippen molar-refractivity contribution in [2.24, 2.45) is 10.9 Å². The van der Waals surface area contributed by atoms with Crippen molar-refractivity contribution in [3.63, 3.8) is 0 Å². The average molecular weight is 498 g/mol. The monoisotopic (exact) mass is 498 g/mol. The first-order valence-corrected chi connectivity index (χ1v) is 10.00. The van der Waals surface area contributed by atoms with Crippen LogP contribution in [-0.4, -0.2) is 85.3 Å². The summed E-state index contributed by atoms with van der Waals surface area (Å²) in [6.07, 6.45) is 6.05. The number of halogens is 1. The Kier molecular flexibility index (Phi) is 7.92. The van der Waals surface area contributed by atoms with Crippen molar-refractivity contribution >= 4 is 41.0 Å². The van der Waals surface area contributed by atoms with Gasteiger partial charge in [-0.15, -0.1) is 24.0 Å². The second-order valence-corrected chi connectivity index (χ2v) is 7.45. The van der Waals surface area contributed by atoms with Crippen molar-refractivity contribution < 1.29 is 4.74 Å². The standard InChI is InChI=1S/C20H30N6O.HI/c1-21-20(23-7-4-17-13-24-19-18(17)3-2-6-22-19)26-10-8-25(9-11-26)14-16-5-12-27-15-16;/h2-3,6,13,16H,4-5,7-12,14-15H2,1H3,(H,21,23)(H,22,24);1H. The van der Waals surface area contributed by atoms with Gasteiger partial charge in [-0.2, -0.15) is 0 Å². The average Bonchev–Trinajstić information content (AvgIpc) is 3.36. The van der Waals surface area contributed by atoms with Gasteiger partial charge in [0, 0.05) is 70.7 Å². The molecule has 2 aromatic heterocycles. The Morgan fingerprint density at radius 2 is 2.21 bits per heavy atom. The molecule has 0 aliphatic carbocycles. The summed E-state index contributed by atoms with van der Waals surface area (Å²) in [6.45, 7) is 8.19. The molecule has 0 aromatic carbocycles. The molecule has 2 aliphatic rings. The van der Waals surface area contributed by atoms with Crippen LogP contribution in [0.3, 0.4) is 0 Å². The zero-order valence-corrected chi connectivity index (χ0v) is 18.9. The maximum absolute atomic E-state index is 5.50. The van der Waals surface area contributed by atoms with E-state index in [9.17, 15) is 0 Å². The fourth-order valence-electron chi connectivity index (χ4n) is 4.10. The molecule has 4 rings (SSSR count). The Labute approximate surface area is 183 Å². The molecule has 1 unspecified atom stereocenters. The zero-order valence-electron chi connectivity index (χ0n) is 16.6. The van der Waals surface area contributed by atoms with Crippen LogP contribution >= 0.6 is 24.0 Å². The maximum atomic E-state index is 5.50. The fourth-order valence-corrected chi connectivity index (χ4v) is 4.10. The van der Waals surface area contributed by atoms with Crippen molar-refractivity contribution in [1.29, 1.82) is 0 Å². The molecule has 2 fully saturated rings. The molecule has 2 saturated heterocycles. The summed E-state index contributed by atoms with van der Waals surface area (Å²) in [6, 6.07) is 4.11. The smallest absolute Gasteiger partial charge is 0.193 e. The van der Waals surface area contributed by atoms with Crippen LogP contribution in [0.25, 0.3) is 11.0 Å². The maximum Gasteiger partial charge on any atom is 0.193 e. The van der Waals surface area contributed by atoms with Gasteiger partial charge in [-0.3, -0.25) is 9.89 Å². The van der Waals surface area contributed by atoms with Gasteiger partial charge in [-0.25, -0.2) is 4.98 Å². The third-order valence-electron chi connectivity index (χ3n) is 5.64. The second kappa shape index (κ2) is 10.4. The lowest BCUT2D eigenvalue weighted by molar-refractivity contribution is 0.139. The topological polar surface area (TPSA) is 68.8 Å². The van der Waals surface area contributed by atoms with E-state index in [0.29, 0.717) is 0 Å². The van der Waals surface area contributed by atoms with Gasteiger partial charge in [0.25, 0.3) is 0 Å². The lowest BCUT2D eigenvalue weighted by atomic mass is 10.1. The SMILES string of the molecule is CN=C(NCCc1c[nH]c2ncccc12)N1CCN(CC2CCOC2)CC1.I. The lowest BCUT2D eigenvalue weighted by Crippen LogP contribution is -2.53. The minimum atomic E-state index is 0. The Morgan fingerprint density at radius 3 is 2.96 bits per heavy atom. The Morgan fingerprint density at radius 1 is 1.36 bits per heavy atom. The number of aromatic nitrogens is 2. The number of pyridine rings is 1. The summed E-state index contributed by atoms with van der Waals surface area (Å²) in [4.78, 5) is 17.0. The lowest BCUT2D eigenvalue weighted by Gasteiger charge is -2.37. The molecule has 154 valence electrons. The summed E-state index contributed by atoms with van der Waals surface area (Å²) in [7, 11) is 1.88. The van der Waals surface area contributed by atoms with E-state index in [4.69, 9.17) is 4.74 Å². The number of aliphatic imine (C=N–C) groups is 1. The molecule has 8 heteroatoms. The quantitative estimate of drug-likeness (QED) is 0.375. The highest BCUT2D eigenvalue weighted by atomic mass is 127. The minimum absolute atomic E-state index is 0. The van der Waals surface area contributed by atoms with E-state index < -0.39 is 0 Å². The molecule has 4 heterocycles. The van der Waals surface area contributed by atoms with E-state index in [-0.39, 0.29) is 24.0 Å². The summed E-state index contributed by atoms with van der Waals surface area (Å²) < 4.78 is 5.50. The minimum Gasteiger partial charge on any atom is -0.381 e. The number of fused-ring (bicyclic) bond motifs is 1. The van der Waals surface area contributed by atoms with Gasteiger partial charge in [-0.1, -0.05) is 0 Å². The molecule has 2 N–H and O–H groups in total. The number of H-pyrrole nitrogens is 1. The van der Waals surface area contributed by atoms with Crippen LogP contribution in [-0.2, 0) is 11.2 Å². The number of hydrogen-bond donors (Lipinski definition) is 2. The highest BCUT2D eigenvalue weighted by molar-refractivity contribution is 14.0. The van der Waals surface area contributed by atoms with E-state index in [0.717, 1.165) is 69.9 Å². The normalized spacial score (nSPS) is 21.1. The Hall–Kier alpha value is -1.39. The van der Waals surface area contributed by atoms with Gasteiger partial charge in [0.15, 0.2) is 5.96 Å². The number of nitrogens with zero attached hydrogens (tertiary/aromatic N) is 4. The zero-order chi connectivity index (χ0) is 18.5. The van der Waals surface area contributed by atoms with E-state index in [1.807, 2.05) is 19.3 Å². The summed E-state index contributed by atoms with van der Waals surface area (Å²) >= 11 is 0. The first-order chi connectivity index (χ1) is 13.3. The summed E-state index contributed by atoms with van der Waals surface area (Å²) in [5, 5.41) is 4.74. The van der Waals surface area contributed by atoms with Crippen molar-refractivity contribution in [3.05, 3.63) is 30.1 Å². The number of hydrogen-bond acceptors (Lipinski definition) is 4. The molecule has 7 nitrogen and oxygen atoms in total. The first-order valence-electron chi connectivity index (χ1n) is 10.00. The van der Waals surface area contributed by atoms with Gasteiger partial charge in [0.05, 0.1) is 6.61 Å². The van der Waals surface area contributed by atoms with E-state index in [1.54, 1.807) is 0 Å². The van der Waals surface area contributed by atoms with Crippen LogP contribution in [0.15, 0.2) is 29.5 Å². The molecule has 28 heavy (non-hydrogen) atoms. The Bertz CT molecular complexity index is 765. The number of ether oxygens (including phenoxy) is 1. The van der Waals surface area contributed by atoms with E-state index in [2.05, 4.69) is 42.3 Å². The third kappa shape index (κ3) is 5.15. The number of guanidine groups is 1. The molecule has 1 atom stereocenters. The van der Waals surface area contributed by atoms with Crippen LogP contribution in [0.2, 0.25) is 0 Å². The first kappa shape index (κ1) is 21.3. The van der Waals surface area contributed by atoms with E-state index >= 15 is 0 Å². The number of aromatic amines is 1. The third-order valence-corrected chi connectivity index (χ3v) is 5.64. The molecule has 0 amide bonds. The fraction of sp³-hybridized carbons (Fsp3) is 0.600. The molecule has 0 radical (unpaired) electrons. The van der Waals surface area contributed by atoms with Crippen molar-refractivity contribution in [2.75, 3.05) is 59.5 Å². The highest BCUT2D eigenvalue weighted by Gasteiger charge is 2.23. The molecule has 0 saturated carbocycles. The molecule has 2 aliphatic heterocycles. The largest absolute Gasteiger partial charge is 0.381 e. The van der Waals surface area contributed by atoms with Gasteiger partial charge in [-0.05, 0) is 36.5 Å². The predicted octanol–water partition coefficient (Wildman–Crippen LogP) is 1.95. The van der Waals surface area contributed by atoms with Gasteiger partial charge in [0.1, 0.15) is 5.65 Å². The molecular formula is C20H31IN6O. The van der Waals surface area contributed by atoms with Crippen LogP contribution in [0.5, 0.6) is 0 Å². The summed E-state index contributed by atoms with van der Waals surface area (Å²) in [5.74, 6) is 1.73.